The van der Waals surface area contributed by atoms with Crippen molar-refractivity contribution in [3.63, 3.8) is 0 Å². The number of likely N-dealkylation sites (N-methyl/N-ethyl adjacent to an activating group) is 1. The average Bonchev–Trinajstić information content (AvgIpc) is 3.24. The van der Waals surface area contributed by atoms with Gasteiger partial charge in [0.25, 0.3) is 7.82 Å². The fourth-order valence-electron chi connectivity index (χ4n) is 7.81. The normalized spacial score (nSPS) is 13.7. The van der Waals surface area contributed by atoms with Gasteiger partial charge in [0.1, 0.15) is 19.3 Å². The quantitative estimate of drug-likeness (QED) is 0.0197. The van der Waals surface area contributed by atoms with Crippen LogP contribution >= 0.6 is 7.82 Å². The van der Waals surface area contributed by atoms with Crippen molar-refractivity contribution in [2.45, 2.75) is 264 Å². The van der Waals surface area contributed by atoms with Crippen LogP contribution in [-0.2, 0) is 27.9 Å². The lowest BCUT2D eigenvalue weighted by atomic mass is 10.0. The molecule has 0 aromatic heterocycles. The Balaban J connectivity index is 4.01. The number of phosphoric ester groups is 1. The lowest BCUT2D eigenvalue weighted by Gasteiger charge is -2.28. The van der Waals surface area contributed by atoms with E-state index in [0.29, 0.717) is 24.1 Å². The van der Waals surface area contributed by atoms with Crippen LogP contribution in [0.2, 0.25) is 0 Å². The highest BCUT2D eigenvalue weighted by Gasteiger charge is 2.20. The minimum atomic E-state index is -4.53. The molecule has 0 N–H and O–H groups in total. The van der Waals surface area contributed by atoms with E-state index in [0.717, 1.165) is 57.8 Å². The van der Waals surface area contributed by atoms with Crippen LogP contribution in [-0.4, -0.2) is 70.7 Å². The first-order valence-corrected chi connectivity index (χ1v) is 28.5. The number of hydrogen-bond donors (Lipinski definition) is 0. The van der Waals surface area contributed by atoms with E-state index in [1.165, 1.54) is 180 Å². The molecule has 0 aliphatic rings. The second-order valence-electron chi connectivity index (χ2n) is 19.6. The SMILES string of the molecule is CCCCC/C=C\C/C=C\CCCCCCCC(=O)OC(COCCCCCCCCCCCCCCCCCCCCCCCCCCCC)COP(=O)([O-])OCC[N+](C)(C)C. The molecule has 0 fully saturated rings. The predicted octanol–water partition coefficient (Wildman–Crippen LogP) is 16.1. The van der Waals surface area contributed by atoms with Gasteiger partial charge >= 0.3 is 5.97 Å². The van der Waals surface area contributed by atoms with E-state index in [1.807, 2.05) is 21.1 Å². The van der Waals surface area contributed by atoms with Crippen molar-refractivity contribution in [2.75, 3.05) is 54.1 Å². The number of ether oxygens (including phenoxy) is 2. The Morgan fingerprint density at radius 3 is 1.32 bits per heavy atom. The van der Waals surface area contributed by atoms with Crippen LogP contribution in [0, 0.1) is 0 Å². The summed E-state index contributed by atoms with van der Waals surface area (Å²) in [5.41, 5.74) is 0. The summed E-state index contributed by atoms with van der Waals surface area (Å²) >= 11 is 0. The van der Waals surface area contributed by atoms with Crippen molar-refractivity contribution in [3.05, 3.63) is 24.3 Å². The lowest BCUT2D eigenvalue weighted by Crippen LogP contribution is -2.37. The zero-order valence-corrected chi connectivity index (χ0v) is 43.4. The number of quaternary nitrogens is 1. The molecular formula is C54H106NO7P. The van der Waals surface area contributed by atoms with Crippen LogP contribution in [0.3, 0.4) is 0 Å². The van der Waals surface area contributed by atoms with E-state index in [2.05, 4.69) is 38.2 Å². The van der Waals surface area contributed by atoms with E-state index in [9.17, 15) is 14.3 Å². The van der Waals surface area contributed by atoms with Crippen LogP contribution in [0.5, 0.6) is 0 Å². The first-order valence-electron chi connectivity index (χ1n) is 27.1. The van der Waals surface area contributed by atoms with E-state index >= 15 is 0 Å². The number of hydrogen-bond acceptors (Lipinski definition) is 7. The summed E-state index contributed by atoms with van der Waals surface area (Å²) in [4.78, 5) is 25.1. The Morgan fingerprint density at radius 2 is 0.873 bits per heavy atom. The number of rotatable bonds is 51. The molecule has 8 nitrogen and oxygen atoms in total. The number of allylic oxidation sites excluding steroid dienone is 4. The van der Waals surface area contributed by atoms with E-state index in [-0.39, 0.29) is 25.8 Å². The molecule has 0 aliphatic heterocycles. The molecule has 0 saturated heterocycles. The van der Waals surface area contributed by atoms with Crippen molar-refractivity contribution < 1.29 is 37.3 Å². The van der Waals surface area contributed by atoms with Gasteiger partial charge in [-0.05, 0) is 44.9 Å². The Morgan fingerprint density at radius 1 is 0.492 bits per heavy atom. The summed E-state index contributed by atoms with van der Waals surface area (Å²) in [5.74, 6) is -0.343. The molecule has 0 heterocycles. The number of phosphoric acid groups is 1. The fourth-order valence-corrected chi connectivity index (χ4v) is 8.54. The van der Waals surface area contributed by atoms with Gasteiger partial charge in [-0.25, -0.2) is 0 Å². The zero-order chi connectivity index (χ0) is 46.2. The topological polar surface area (TPSA) is 94.1 Å². The third-order valence-electron chi connectivity index (χ3n) is 12.0. The first kappa shape index (κ1) is 62.0. The van der Waals surface area contributed by atoms with Gasteiger partial charge in [-0.2, -0.15) is 0 Å². The number of esters is 1. The average molecular weight is 912 g/mol. The minimum absolute atomic E-state index is 0.0255. The van der Waals surface area contributed by atoms with Gasteiger partial charge in [-0.3, -0.25) is 9.36 Å². The van der Waals surface area contributed by atoms with Crippen LogP contribution in [0.15, 0.2) is 24.3 Å². The van der Waals surface area contributed by atoms with Gasteiger partial charge in [0.15, 0.2) is 0 Å². The molecule has 0 aromatic rings. The van der Waals surface area contributed by atoms with Gasteiger partial charge in [-0.1, -0.05) is 231 Å². The van der Waals surface area contributed by atoms with Crippen molar-refractivity contribution in [3.8, 4) is 0 Å². The Hall–Kier alpha value is -1.02. The minimum Gasteiger partial charge on any atom is -0.756 e. The lowest BCUT2D eigenvalue weighted by molar-refractivity contribution is -0.870. The third-order valence-corrected chi connectivity index (χ3v) is 13.0. The number of unbranched alkanes of at least 4 members (excludes halogenated alkanes) is 33. The van der Waals surface area contributed by atoms with E-state index < -0.39 is 13.9 Å². The van der Waals surface area contributed by atoms with Crippen molar-refractivity contribution in [2.24, 2.45) is 0 Å². The molecule has 0 aromatic carbocycles. The predicted molar refractivity (Wildman–Crippen MR) is 268 cm³/mol. The van der Waals surface area contributed by atoms with Crippen LogP contribution in [0.1, 0.15) is 258 Å². The first-order chi connectivity index (χ1) is 30.6. The van der Waals surface area contributed by atoms with E-state index in [1.54, 1.807) is 0 Å². The summed E-state index contributed by atoms with van der Waals surface area (Å²) in [6, 6.07) is 0. The second-order valence-corrected chi connectivity index (χ2v) is 21.0. The molecule has 0 radical (unpaired) electrons. The van der Waals surface area contributed by atoms with Crippen molar-refractivity contribution in [1.82, 2.24) is 0 Å². The summed E-state index contributed by atoms with van der Waals surface area (Å²) in [6.45, 7) is 5.42. The monoisotopic (exact) mass is 912 g/mol. The summed E-state index contributed by atoms with van der Waals surface area (Å²) in [6.07, 6.45) is 56.5. The van der Waals surface area contributed by atoms with Crippen molar-refractivity contribution in [1.29, 1.82) is 0 Å². The zero-order valence-electron chi connectivity index (χ0n) is 42.5. The maximum atomic E-state index is 12.7. The fraction of sp³-hybridized carbons (Fsp3) is 0.907. The summed E-state index contributed by atoms with van der Waals surface area (Å²) in [7, 11) is 1.36. The maximum absolute atomic E-state index is 12.7. The second kappa shape index (κ2) is 47.5. The molecule has 9 heteroatoms. The van der Waals surface area contributed by atoms with Crippen LogP contribution < -0.4 is 4.89 Å². The molecule has 0 saturated carbocycles. The largest absolute Gasteiger partial charge is 0.756 e. The van der Waals surface area contributed by atoms with Crippen LogP contribution in [0.4, 0.5) is 0 Å². The third kappa shape index (κ3) is 51.8. The Labute approximate surface area is 392 Å². The van der Waals surface area contributed by atoms with Gasteiger partial charge in [0.05, 0.1) is 34.4 Å². The molecular weight excluding hydrogens is 806 g/mol. The molecule has 0 amide bonds. The van der Waals surface area contributed by atoms with E-state index in [4.69, 9.17) is 18.5 Å². The number of nitrogens with zero attached hydrogens (tertiary/aromatic N) is 1. The molecule has 0 rings (SSSR count). The molecule has 2 atom stereocenters. The van der Waals surface area contributed by atoms with Crippen molar-refractivity contribution >= 4 is 13.8 Å². The molecule has 63 heavy (non-hydrogen) atoms. The van der Waals surface area contributed by atoms with Gasteiger partial charge in [-0.15, -0.1) is 0 Å². The van der Waals surface area contributed by atoms with Gasteiger partial charge in [0, 0.05) is 13.0 Å². The van der Waals surface area contributed by atoms with Gasteiger partial charge in [0.2, 0.25) is 0 Å². The molecule has 0 spiro atoms. The molecule has 2 unspecified atom stereocenters. The number of carbonyl (C=O) groups excluding carboxylic acids is 1. The standard InChI is InChI=1S/C54H106NO7P/c1-6-8-10-12-14-16-18-20-22-23-24-25-26-27-28-29-30-31-32-34-36-38-40-42-44-46-49-59-51-53(52-61-63(57,58)60-50-48-55(3,4)5)62-54(56)47-45-43-41-39-37-35-33-21-19-17-15-13-11-9-7-2/h15,17,21,33,53H,6-14,16,18-20,22-32,34-52H2,1-5H3/b17-15-,33-21-. The highest BCUT2D eigenvalue weighted by Crippen LogP contribution is 2.38. The molecule has 0 aliphatic carbocycles. The summed E-state index contributed by atoms with van der Waals surface area (Å²) < 4.78 is 34.7. The van der Waals surface area contributed by atoms with Gasteiger partial charge < -0.3 is 27.9 Å². The highest BCUT2D eigenvalue weighted by atomic mass is 31.2. The Kier molecular flexibility index (Phi) is 46.7. The highest BCUT2D eigenvalue weighted by molar-refractivity contribution is 7.45. The number of carbonyl (C=O) groups is 1. The molecule has 0 bridgehead atoms. The Bertz CT molecular complexity index is 1060. The summed E-state index contributed by atoms with van der Waals surface area (Å²) in [5, 5.41) is 0. The maximum Gasteiger partial charge on any atom is 0.306 e. The molecule has 374 valence electrons. The van der Waals surface area contributed by atoms with Crippen LogP contribution in [0.25, 0.3) is 0 Å². The smallest absolute Gasteiger partial charge is 0.306 e.